The van der Waals surface area contributed by atoms with Gasteiger partial charge in [-0.05, 0) is 30.7 Å². The Morgan fingerprint density at radius 2 is 2.00 bits per heavy atom. The Morgan fingerprint density at radius 1 is 1.32 bits per heavy atom. The molecule has 1 N–H and O–H groups in total. The minimum atomic E-state index is -0.288. The van der Waals surface area contributed by atoms with E-state index in [0.717, 1.165) is 13.1 Å². The molecule has 0 atom stereocenters. The number of carbonyl (C=O) groups excluding carboxylic acids is 1. The summed E-state index contributed by atoms with van der Waals surface area (Å²) in [5, 5.41) is 8.87. The van der Waals surface area contributed by atoms with Crippen LogP contribution in [-0.2, 0) is 0 Å². The first-order valence-corrected chi connectivity index (χ1v) is 6.50. The Hall–Kier alpha value is -1.46. The number of piperazine rings is 1. The molecule has 1 heterocycles. The molecule has 1 aliphatic rings. The van der Waals surface area contributed by atoms with E-state index in [0.29, 0.717) is 30.8 Å². The van der Waals surface area contributed by atoms with Crippen LogP contribution in [0.4, 0.5) is 4.39 Å². The van der Waals surface area contributed by atoms with Gasteiger partial charge in [-0.3, -0.25) is 9.69 Å². The van der Waals surface area contributed by atoms with Crippen LogP contribution in [0.25, 0.3) is 0 Å². The molecule has 19 heavy (non-hydrogen) atoms. The van der Waals surface area contributed by atoms with Gasteiger partial charge in [0, 0.05) is 38.3 Å². The molecule has 5 heteroatoms. The molecule has 0 saturated carbocycles. The summed E-state index contributed by atoms with van der Waals surface area (Å²) in [6, 6.07) is 4.47. The number of halogens is 1. The van der Waals surface area contributed by atoms with Crippen molar-refractivity contribution in [1.82, 2.24) is 9.80 Å². The highest BCUT2D eigenvalue weighted by molar-refractivity contribution is 5.94. The molecular formula is C14H19FN2O2. The molecule has 2 rings (SSSR count). The Morgan fingerprint density at radius 3 is 2.58 bits per heavy atom. The van der Waals surface area contributed by atoms with Crippen molar-refractivity contribution < 1.29 is 14.3 Å². The average Bonchev–Trinajstić information content (AvgIpc) is 2.42. The van der Waals surface area contributed by atoms with Crippen molar-refractivity contribution >= 4 is 5.91 Å². The zero-order valence-electron chi connectivity index (χ0n) is 11.1. The van der Waals surface area contributed by atoms with E-state index in [-0.39, 0.29) is 18.3 Å². The number of hydrogen-bond acceptors (Lipinski definition) is 3. The lowest BCUT2D eigenvalue weighted by Crippen LogP contribution is -2.49. The van der Waals surface area contributed by atoms with Crippen LogP contribution in [0, 0.1) is 12.7 Å². The third-order valence-electron chi connectivity index (χ3n) is 3.48. The fraction of sp³-hybridized carbons (Fsp3) is 0.500. The maximum atomic E-state index is 13.2. The fourth-order valence-corrected chi connectivity index (χ4v) is 2.28. The summed E-state index contributed by atoms with van der Waals surface area (Å²) >= 11 is 0. The standard InChI is InChI=1S/C14H19FN2O2/c1-11-10-12(2-3-13(11)15)14(19)17-6-4-16(5-7-17)8-9-18/h2-3,10,18H,4-9H2,1H3. The second kappa shape index (κ2) is 6.12. The van der Waals surface area contributed by atoms with Gasteiger partial charge in [-0.1, -0.05) is 0 Å². The molecule has 1 amide bonds. The van der Waals surface area contributed by atoms with Crippen LogP contribution >= 0.6 is 0 Å². The number of aliphatic hydroxyl groups excluding tert-OH is 1. The summed E-state index contributed by atoms with van der Waals surface area (Å²) in [5.74, 6) is -0.337. The van der Waals surface area contributed by atoms with Gasteiger partial charge in [0.05, 0.1) is 6.61 Å². The molecule has 1 aromatic rings. The van der Waals surface area contributed by atoms with Crippen LogP contribution in [-0.4, -0.2) is 60.1 Å². The summed E-state index contributed by atoms with van der Waals surface area (Å²) in [6.07, 6.45) is 0. The quantitative estimate of drug-likeness (QED) is 0.883. The van der Waals surface area contributed by atoms with Gasteiger partial charge in [-0.25, -0.2) is 4.39 Å². The van der Waals surface area contributed by atoms with Crippen LogP contribution in [0.3, 0.4) is 0 Å². The number of amides is 1. The lowest BCUT2D eigenvalue weighted by Gasteiger charge is -2.34. The number of rotatable bonds is 3. The van der Waals surface area contributed by atoms with Crippen LogP contribution in [0.1, 0.15) is 15.9 Å². The van der Waals surface area contributed by atoms with E-state index in [9.17, 15) is 9.18 Å². The highest BCUT2D eigenvalue weighted by atomic mass is 19.1. The minimum absolute atomic E-state index is 0.0493. The number of benzene rings is 1. The predicted molar refractivity (Wildman–Crippen MR) is 70.6 cm³/mol. The summed E-state index contributed by atoms with van der Waals surface area (Å²) in [7, 11) is 0. The first kappa shape index (κ1) is 14.0. The lowest BCUT2D eigenvalue weighted by molar-refractivity contribution is 0.0615. The van der Waals surface area contributed by atoms with Crippen molar-refractivity contribution in [3.63, 3.8) is 0 Å². The second-order valence-electron chi connectivity index (χ2n) is 4.82. The molecule has 0 aliphatic carbocycles. The smallest absolute Gasteiger partial charge is 0.253 e. The Balaban J connectivity index is 1.99. The Labute approximate surface area is 112 Å². The van der Waals surface area contributed by atoms with Crippen molar-refractivity contribution in [2.24, 2.45) is 0 Å². The van der Waals surface area contributed by atoms with E-state index in [4.69, 9.17) is 5.11 Å². The lowest BCUT2D eigenvalue weighted by atomic mass is 10.1. The molecule has 1 aliphatic heterocycles. The summed E-state index contributed by atoms with van der Waals surface area (Å²) in [4.78, 5) is 16.2. The Kier molecular flexibility index (Phi) is 4.50. The second-order valence-corrected chi connectivity index (χ2v) is 4.82. The largest absolute Gasteiger partial charge is 0.395 e. The number of carbonyl (C=O) groups is 1. The van der Waals surface area contributed by atoms with Crippen molar-refractivity contribution in [3.05, 3.63) is 35.1 Å². The van der Waals surface area contributed by atoms with E-state index < -0.39 is 0 Å². The van der Waals surface area contributed by atoms with Crippen LogP contribution < -0.4 is 0 Å². The summed E-state index contributed by atoms with van der Waals surface area (Å²) < 4.78 is 13.2. The molecule has 4 nitrogen and oxygen atoms in total. The van der Waals surface area contributed by atoms with Crippen LogP contribution in [0.15, 0.2) is 18.2 Å². The molecule has 1 fully saturated rings. The number of aryl methyl sites for hydroxylation is 1. The maximum Gasteiger partial charge on any atom is 0.253 e. The van der Waals surface area contributed by atoms with E-state index in [1.54, 1.807) is 17.9 Å². The number of aliphatic hydroxyl groups is 1. The monoisotopic (exact) mass is 266 g/mol. The summed E-state index contributed by atoms with van der Waals surface area (Å²) in [5.41, 5.74) is 1.03. The molecule has 0 aromatic heterocycles. The van der Waals surface area contributed by atoms with E-state index >= 15 is 0 Å². The topological polar surface area (TPSA) is 43.8 Å². The van der Waals surface area contributed by atoms with E-state index in [1.807, 2.05) is 0 Å². The van der Waals surface area contributed by atoms with E-state index in [1.165, 1.54) is 12.1 Å². The van der Waals surface area contributed by atoms with Crippen molar-refractivity contribution in [2.75, 3.05) is 39.3 Å². The van der Waals surface area contributed by atoms with Gasteiger partial charge in [0.15, 0.2) is 0 Å². The fourth-order valence-electron chi connectivity index (χ4n) is 2.28. The van der Waals surface area contributed by atoms with Crippen molar-refractivity contribution in [3.8, 4) is 0 Å². The SMILES string of the molecule is Cc1cc(C(=O)N2CCN(CCO)CC2)ccc1F. The van der Waals surface area contributed by atoms with Crippen molar-refractivity contribution in [2.45, 2.75) is 6.92 Å². The maximum absolute atomic E-state index is 13.2. The van der Waals surface area contributed by atoms with Gasteiger partial charge in [0.25, 0.3) is 5.91 Å². The number of hydrogen-bond donors (Lipinski definition) is 1. The predicted octanol–water partition coefficient (Wildman–Crippen LogP) is 0.884. The molecular weight excluding hydrogens is 247 g/mol. The first-order chi connectivity index (χ1) is 9.11. The van der Waals surface area contributed by atoms with Gasteiger partial charge < -0.3 is 10.0 Å². The van der Waals surface area contributed by atoms with Gasteiger partial charge in [0.1, 0.15) is 5.82 Å². The van der Waals surface area contributed by atoms with Gasteiger partial charge in [0.2, 0.25) is 0 Å². The zero-order chi connectivity index (χ0) is 13.8. The molecule has 1 saturated heterocycles. The molecule has 1 aromatic carbocycles. The molecule has 0 radical (unpaired) electrons. The summed E-state index contributed by atoms with van der Waals surface area (Å²) in [6.45, 7) is 5.29. The number of β-amino-alcohol motifs (C(OH)–C–C–N with tert-alkyl or cyclic N) is 1. The van der Waals surface area contributed by atoms with Gasteiger partial charge in [-0.15, -0.1) is 0 Å². The molecule has 104 valence electrons. The highest BCUT2D eigenvalue weighted by Gasteiger charge is 2.22. The molecule has 0 bridgehead atoms. The van der Waals surface area contributed by atoms with Crippen molar-refractivity contribution in [1.29, 1.82) is 0 Å². The van der Waals surface area contributed by atoms with Gasteiger partial charge >= 0.3 is 0 Å². The van der Waals surface area contributed by atoms with Crippen LogP contribution in [0.2, 0.25) is 0 Å². The first-order valence-electron chi connectivity index (χ1n) is 6.50. The minimum Gasteiger partial charge on any atom is -0.395 e. The van der Waals surface area contributed by atoms with Crippen LogP contribution in [0.5, 0.6) is 0 Å². The highest BCUT2D eigenvalue weighted by Crippen LogP contribution is 2.13. The average molecular weight is 266 g/mol. The van der Waals surface area contributed by atoms with E-state index in [2.05, 4.69) is 4.90 Å². The molecule has 0 unspecified atom stereocenters. The zero-order valence-corrected chi connectivity index (χ0v) is 11.1. The normalized spacial score (nSPS) is 16.7. The third kappa shape index (κ3) is 3.30. The van der Waals surface area contributed by atoms with Gasteiger partial charge in [-0.2, -0.15) is 0 Å². The third-order valence-corrected chi connectivity index (χ3v) is 3.48. The molecule has 0 spiro atoms. The Bertz CT molecular complexity index is 457. The number of nitrogens with zero attached hydrogens (tertiary/aromatic N) is 2.